The predicted octanol–water partition coefficient (Wildman–Crippen LogP) is 2.08. The molecule has 0 aliphatic heterocycles. The van der Waals surface area contributed by atoms with E-state index in [9.17, 15) is 4.79 Å². The fourth-order valence-electron chi connectivity index (χ4n) is 2.73. The molecule has 1 aliphatic rings. The third-order valence-corrected chi connectivity index (χ3v) is 3.82. The van der Waals surface area contributed by atoms with Crippen molar-refractivity contribution in [1.82, 2.24) is 9.88 Å². The van der Waals surface area contributed by atoms with E-state index in [2.05, 4.69) is 16.8 Å². The van der Waals surface area contributed by atoms with E-state index in [-0.39, 0.29) is 12.5 Å². The Morgan fingerprint density at radius 1 is 1.48 bits per heavy atom. The molecule has 1 fully saturated rings. The highest BCUT2D eigenvalue weighted by molar-refractivity contribution is 5.94. The van der Waals surface area contributed by atoms with Crippen LogP contribution in [0, 0.1) is 17.8 Å². The molecule has 1 N–H and O–H groups in total. The molecule has 1 amide bonds. The van der Waals surface area contributed by atoms with E-state index in [1.54, 1.807) is 23.2 Å². The fraction of sp³-hybridized carbons (Fsp3) is 0.529. The summed E-state index contributed by atoms with van der Waals surface area (Å²) in [5, 5.41) is 8.78. The SMILES string of the molecule is CN(CC1CCCC1)C(=O)c1ncccc1C#CCCO. The quantitative estimate of drug-likeness (QED) is 0.862. The summed E-state index contributed by atoms with van der Waals surface area (Å²) in [7, 11) is 1.83. The molecule has 0 aromatic carbocycles. The Labute approximate surface area is 126 Å². The van der Waals surface area contributed by atoms with E-state index in [4.69, 9.17) is 5.11 Å². The minimum atomic E-state index is -0.0733. The van der Waals surface area contributed by atoms with Gasteiger partial charge in [0.1, 0.15) is 5.69 Å². The highest BCUT2D eigenvalue weighted by Crippen LogP contribution is 2.25. The first-order chi connectivity index (χ1) is 10.2. The lowest BCUT2D eigenvalue weighted by Gasteiger charge is -2.21. The van der Waals surface area contributed by atoms with E-state index in [1.807, 2.05) is 7.05 Å². The molecule has 0 bridgehead atoms. The zero-order valence-electron chi connectivity index (χ0n) is 12.5. The van der Waals surface area contributed by atoms with Crippen molar-refractivity contribution in [3.05, 3.63) is 29.6 Å². The molecule has 0 spiro atoms. The summed E-state index contributed by atoms with van der Waals surface area (Å²) >= 11 is 0. The van der Waals surface area contributed by atoms with Gasteiger partial charge in [0.25, 0.3) is 5.91 Å². The topological polar surface area (TPSA) is 53.4 Å². The van der Waals surface area contributed by atoms with Gasteiger partial charge in [-0.2, -0.15) is 0 Å². The van der Waals surface area contributed by atoms with Crippen LogP contribution in [-0.2, 0) is 0 Å². The largest absolute Gasteiger partial charge is 0.395 e. The van der Waals surface area contributed by atoms with Crippen molar-refractivity contribution in [3.8, 4) is 11.8 Å². The number of rotatable bonds is 4. The minimum absolute atomic E-state index is 0.0259. The van der Waals surface area contributed by atoms with Crippen molar-refractivity contribution in [2.45, 2.75) is 32.1 Å². The van der Waals surface area contributed by atoms with Gasteiger partial charge in [0.15, 0.2) is 0 Å². The van der Waals surface area contributed by atoms with Crippen molar-refractivity contribution in [2.24, 2.45) is 5.92 Å². The number of hydrogen-bond donors (Lipinski definition) is 1. The molecule has 1 aliphatic carbocycles. The average molecular weight is 286 g/mol. The number of nitrogens with zero attached hydrogens (tertiary/aromatic N) is 2. The number of carbonyl (C=O) groups excluding carboxylic acids is 1. The Kier molecular flexibility index (Phi) is 5.77. The van der Waals surface area contributed by atoms with Gasteiger partial charge in [-0.3, -0.25) is 4.79 Å². The monoisotopic (exact) mass is 286 g/mol. The van der Waals surface area contributed by atoms with Crippen LogP contribution in [0.25, 0.3) is 0 Å². The summed E-state index contributed by atoms with van der Waals surface area (Å²) in [6.07, 6.45) is 6.99. The Morgan fingerprint density at radius 2 is 2.24 bits per heavy atom. The van der Waals surface area contributed by atoms with E-state index < -0.39 is 0 Å². The van der Waals surface area contributed by atoms with Crippen LogP contribution in [0.2, 0.25) is 0 Å². The van der Waals surface area contributed by atoms with Crippen LogP contribution < -0.4 is 0 Å². The average Bonchev–Trinajstić information content (AvgIpc) is 3.00. The van der Waals surface area contributed by atoms with E-state index in [1.165, 1.54) is 25.7 Å². The van der Waals surface area contributed by atoms with Gasteiger partial charge in [-0.25, -0.2) is 4.98 Å². The molecule has 1 aromatic rings. The van der Waals surface area contributed by atoms with Crippen molar-refractivity contribution in [1.29, 1.82) is 0 Å². The van der Waals surface area contributed by atoms with Crippen LogP contribution in [0.4, 0.5) is 0 Å². The summed E-state index contributed by atoms with van der Waals surface area (Å²) in [5.74, 6) is 6.32. The number of hydrogen-bond acceptors (Lipinski definition) is 3. The van der Waals surface area contributed by atoms with Crippen LogP contribution in [0.3, 0.4) is 0 Å². The second kappa shape index (κ2) is 7.80. The number of aromatic nitrogens is 1. The van der Waals surface area contributed by atoms with Gasteiger partial charge >= 0.3 is 0 Å². The van der Waals surface area contributed by atoms with Crippen molar-refractivity contribution >= 4 is 5.91 Å². The third kappa shape index (κ3) is 4.30. The Bertz CT molecular complexity index is 539. The molecule has 2 rings (SSSR count). The number of amides is 1. The molecule has 0 atom stereocenters. The molecule has 112 valence electrons. The van der Waals surface area contributed by atoms with Gasteiger partial charge in [0, 0.05) is 26.2 Å². The number of aliphatic hydroxyl groups is 1. The van der Waals surface area contributed by atoms with Crippen LogP contribution in [0.5, 0.6) is 0 Å². The van der Waals surface area contributed by atoms with E-state index >= 15 is 0 Å². The zero-order chi connectivity index (χ0) is 15.1. The molecule has 0 unspecified atom stereocenters. The second-order valence-corrected chi connectivity index (χ2v) is 5.51. The highest BCUT2D eigenvalue weighted by atomic mass is 16.2. The van der Waals surface area contributed by atoms with Crippen LogP contribution in [0.15, 0.2) is 18.3 Å². The molecule has 1 heterocycles. The molecule has 4 nitrogen and oxygen atoms in total. The summed E-state index contributed by atoms with van der Waals surface area (Å²) in [6, 6.07) is 3.57. The van der Waals surface area contributed by atoms with Crippen molar-refractivity contribution < 1.29 is 9.90 Å². The smallest absolute Gasteiger partial charge is 0.273 e. The summed E-state index contributed by atoms with van der Waals surface area (Å²) in [6.45, 7) is 0.817. The maximum absolute atomic E-state index is 12.5. The lowest BCUT2D eigenvalue weighted by atomic mass is 10.1. The van der Waals surface area contributed by atoms with Gasteiger partial charge in [0.2, 0.25) is 0 Å². The van der Waals surface area contributed by atoms with Crippen LogP contribution >= 0.6 is 0 Å². The first-order valence-electron chi connectivity index (χ1n) is 7.52. The molecule has 4 heteroatoms. The predicted molar refractivity (Wildman–Crippen MR) is 81.7 cm³/mol. The third-order valence-electron chi connectivity index (χ3n) is 3.82. The maximum Gasteiger partial charge on any atom is 0.273 e. The Hall–Kier alpha value is -1.86. The number of carbonyl (C=O) groups is 1. The number of aliphatic hydroxyl groups excluding tert-OH is 1. The van der Waals surface area contributed by atoms with Gasteiger partial charge in [-0.1, -0.05) is 24.7 Å². The molecule has 0 saturated heterocycles. The highest BCUT2D eigenvalue weighted by Gasteiger charge is 2.22. The minimum Gasteiger partial charge on any atom is -0.395 e. The molecular formula is C17H22N2O2. The fourth-order valence-corrected chi connectivity index (χ4v) is 2.73. The molecule has 21 heavy (non-hydrogen) atoms. The normalized spacial score (nSPS) is 14.6. The van der Waals surface area contributed by atoms with Crippen LogP contribution in [0.1, 0.15) is 48.2 Å². The lowest BCUT2D eigenvalue weighted by molar-refractivity contribution is 0.0767. The van der Waals surface area contributed by atoms with Gasteiger partial charge < -0.3 is 10.0 Å². The van der Waals surface area contributed by atoms with Crippen molar-refractivity contribution in [3.63, 3.8) is 0 Å². The van der Waals surface area contributed by atoms with E-state index in [0.717, 1.165) is 6.54 Å². The number of pyridine rings is 1. The Balaban J connectivity index is 2.09. The maximum atomic E-state index is 12.5. The second-order valence-electron chi connectivity index (χ2n) is 5.51. The Morgan fingerprint density at radius 3 is 2.95 bits per heavy atom. The molecule has 0 radical (unpaired) electrons. The van der Waals surface area contributed by atoms with Crippen LogP contribution in [-0.4, -0.2) is 41.1 Å². The summed E-state index contributed by atoms with van der Waals surface area (Å²) in [4.78, 5) is 18.5. The molecule has 1 saturated carbocycles. The van der Waals surface area contributed by atoms with Gasteiger partial charge in [-0.15, -0.1) is 0 Å². The summed E-state index contributed by atoms with van der Waals surface area (Å²) in [5.41, 5.74) is 1.04. The van der Waals surface area contributed by atoms with Crippen molar-refractivity contribution in [2.75, 3.05) is 20.2 Å². The molecular weight excluding hydrogens is 264 g/mol. The lowest BCUT2D eigenvalue weighted by Crippen LogP contribution is -2.32. The van der Waals surface area contributed by atoms with Gasteiger partial charge in [-0.05, 0) is 30.9 Å². The molecule has 1 aromatic heterocycles. The zero-order valence-corrected chi connectivity index (χ0v) is 12.5. The summed E-state index contributed by atoms with van der Waals surface area (Å²) < 4.78 is 0. The first kappa shape index (κ1) is 15.5. The van der Waals surface area contributed by atoms with Gasteiger partial charge in [0.05, 0.1) is 12.2 Å². The standard InChI is InChI=1S/C17H22N2O2/c1-19(13-14-7-2-3-8-14)17(21)16-15(9-4-5-12-20)10-6-11-18-16/h6,10-11,14,20H,2-3,5,7-8,12-13H2,1H3. The van der Waals surface area contributed by atoms with E-state index in [0.29, 0.717) is 23.6 Å². The first-order valence-corrected chi connectivity index (χ1v) is 7.52.